The van der Waals surface area contributed by atoms with Crippen molar-refractivity contribution in [3.05, 3.63) is 54.6 Å². The minimum absolute atomic E-state index is 0.263. The van der Waals surface area contributed by atoms with Crippen LogP contribution in [0.3, 0.4) is 0 Å². The molecule has 2 rings (SSSR count). The molecule has 0 heterocycles. The molecular weight excluding hydrogens is 230 g/mol. The number of benzene rings is 2. The third kappa shape index (κ3) is 3.04. The Morgan fingerprint density at radius 3 is 2.35 bits per heavy atom. The van der Waals surface area contributed by atoms with Crippen molar-refractivity contribution in [3.8, 4) is 16.9 Å². The second-order valence-electron chi connectivity index (χ2n) is 3.62. The van der Waals surface area contributed by atoms with E-state index in [2.05, 4.69) is 0 Å². The molecule has 86 valence electrons. The monoisotopic (exact) mass is 243 g/mol. The molecule has 3 heteroatoms. The van der Waals surface area contributed by atoms with E-state index >= 15 is 0 Å². The van der Waals surface area contributed by atoms with Gasteiger partial charge < -0.3 is 10.5 Å². The summed E-state index contributed by atoms with van der Waals surface area (Å²) in [6.07, 6.45) is 0. The number of rotatable bonds is 4. The van der Waals surface area contributed by atoms with E-state index in [-0.39, 0.29) is 6.61 Å². The number of hydrogen-bond acceptors (Lipinski definition) is 2. The summed E-state index contributed by atoms with van der Waals surface area (Å²) in [5.41, 5.74) is 7.60. The van der Waals surface area contributed by atoms with Crippen LogP contribution >= 0.6 is 12.2 Å². The molecule has 0 saturated carbocycles. The van der Waals surface area contributed by atoms with Crippen LogP contribution in [0, 0.1) is 0 Å². The van der Waals surface area contributed by atoms with E-state index in [0.717, 1.165) is 16.9 Å². The second-order valence-corrected chi connectivity index (χ2v) is 4.14. The van der Waals surface area contributed by atoms with Gasteiger partial charge in [0.2, 0.25) is 0 Å². The summed E-state index contributed by atoms with van der Waals surface area (Å²) >= 11 is 4.81. The fourth-order valence-electron chi connectivity index (χ4n) is 1.60. The zero-order valence-corrected chi connectivity index (χ0v) is 10.1. The largest absolute Gasteiger partial charge is 0.486 e. The van der Waals surface area contributed by atoms with Crippen molar-refractivity contribution in [2.45, 2.75) is 0 Å². The summed E-state index contributed by atoms with van der Waals surface area (Å²) in [5, 5.41) is 0. The van der Waals surface area contributed by atoms with Crippen molar-refractivity contribution < 1.29 is 4.74 Å². The first-order chi connectivity index (χ1) is 8.27. The quantitative estimate of drug-likeness (QED) is 0.838. The average Bonchev–Trinajstić information content (AvgIpc) is 2.38. The van der Waals surface area contributed by atoms with Crippen LogP contribution in [0.1, 0.15) is 0 Å². The molecule has 0 spiro atoms. The number of thiocarbonyl (C=S) groups is 1. The summed E-state index contributed by atoms with van der Waals surface area (Å²) in [6, 6.07) is 17.9. The molecule has 17 heavy (non-hydrogen) atoms. The van der Waals surface area contributed by atoms with Gasteiger partial charge in [-0.25, -0.2) is 0 Å². The maximum Gasteiger partial charge on any atom is 0.138 e. The highest BCUT2D eigenvalue weighted by molar-refractivity contribution is 7.80. The van der Waals surface area contributed by atoms with Crippen molar-refractivity contribution in [2.75, 3.05) is 6.61 Å². The van der Waals surface area contributed by atoms with Crippen LogP contribution in [-0.4, -0.2) is 11.6 Å². The Kier molecular flexibility index (Phi) is 3.73. The van der Waals surface area contributed by atoms with Crippen LogP contribution < -0.4 is 10.5 Å². The molecule has 0 saturated heterocycles. The van der Waals surface area contributed by atoms with Crippen molar-refractivity contribution in [2.24, 2.45) is 5.73 Å². The topological polar surface area (TPSA) is 35.2 Å². The first-order valence-corrected chi connectivity index (χ1v) is 5.74. The molecule has 2 aromatic carbocycles. The van der Waals surface area contributed by atoms with Gasteiger partial charge in [0.25, 0.3) is 0 Å². The van der Waals surface area contributed by atoms with E-state index in [9.17, 15) is 0 Å². The van der Waals surface area contributed by atoms with Gasteiger partial charge in [-0.05, 0) is 11.6 Å². The molecule has 0 aromatic heterocycles. The fourth-order valence-corrected chi connectivity index (χ4v) is 1.66. The molecule has 2 nitrogen and oxygen atoms in total. The van der Waals surface area contributed by atoms with E-state index in [0.29, 0.717) is 4.99 Å². The van der Waals surface area contributed by atoms with Gasteiger partial charge in [0.15, 0.2) is 0 Å². The fraction of sp³-hybridized carbons (Fsp3) is 0.0714. The third-order valence-electron chi connectivity index (χ3n) is 2.34. The lowest BCUT2D eigenvalue weighted by molar-refractivity contribution is 0.379. The lowest BCUT2D eigenvalue weighted by atomic mass is 10.1. The van der Waals surface area contributed by atoms with Crippen LogP contribution in [0.15, 0.2) is 54.6 Å². The van der Waals surface area contributed by atoms with E-state index in [4.69, 9.17) is 22.7 Å². The van der Waals surface area contributed by atoms with E-state index in [1.165, 1.54) is 0 Å². The Morgan fingerprint density at radius 1 is 1.00 bits per heavy atom. The van der Waals surface area contributed by atoms with Gasteiger partial charge in [0.1, 0.15) is 17.3 Å². The Labute approximate surface area is 106 Å². The van der Waals surface area contributed by atoms with Crippen molar-refractivity contribution in [3.63, 3.8) is 0 Å². The number of nitrogens with two attached hydrogens (primary N) is 1. The van der Waals surface area contributed by atoms with Gasteiger partial charge in [-0.3, -0.25) is 0 Å². The molecule has 0 aliphatic rings. The number of para-hydroxylation sites is 1. The highest BCUT2D eigenvalue weighted by Crippen LogP contribution is 2.29. The van der Waals surface area contributed by atoms with Crippen molar-refractivity contribution in [1.82, 2.24) is 0 Å². The Bertz CT molecular complexity index is 511. The van der Waals surface area contributed by atoms with Crippen LogP contribution in [0.4, 0.5) is 0 Å². The highest BCUT2D eigenvalue weighted by atomic mass is 32.1. The van der Waals surface area contributed by atoms with E-state index in [1.54, 1.807) is 0 Å². The third-order valence-corrected chi connectivity index (χ3v) is 2.46. The minimum Gasteiger partial charge on any atom is -0.486 e. The standard InChI is InChI=1S/C14H13NOS/c15-14(17)10-16-13-9-5-4-8-12(13)11-6-2-1-3-7-11/h1-9H,10H2,(H2,15,17). The lowest BCUT2D eigenvalue weighted by Gasteiger charge is -2.10. The zero-order valence-electron chi connectivity index (χ0n) is 9.30. The van der Waals surface area contributed by atoms with Gasteiger partial charge in [-0.1, -0.05) is 60.7 Å². The molecule has 0 bridgehead atoms. The lowest BCUT2D eigenvalue weighted by Crippen LogP contribution is -2.18. The van der Waals surface area contributed by atoms with E-state index in [1.807, 2.05) is 54.6 Å². The smallest absolute Gasteiger partial charge is 0.138 e. The number of hydrogen-bond donors (Lipinski definition) is 1. The summed E-state index contributed by atoms with van der Waals surface area (Å²) in [5.74, 6) is 0.798. The normalized spacial score (nSPS) is 9.88. The molecule has 0 fully saturated rings. The molecule has 0 radical (unpaired) electrons. The van der Waals surface area contributed by atoms with Gasteiger partial charge in [0.05, 0.1) is 0 Å². The molecule has 0 unspecified atom stereocenters. The predicted octanol–water partition coefficient (Wildman–Crippen LogP) is 3.02. The van der Waals surface area contributed by atoms with Gasteiger partial charge in [-0.15, -0.1) is 0 Å². The Hall–Kier alpha value is -1.87. The van der Waals surface area contributed by atoms with Gasteiger partial charge in [0, 0.05) is 5.56 Å². The molecular formula is C14H13NOS. The highest BCUT2D eigenvalue weighted by Gasteiger charge is 2.05. The minimum atomic E-state index is 0.263. The van der Waals surface area contributed by atoms with Crippen molar-refractivity contribution >= 4 is 17.2 Å². The zero-order chi connectivity index (χ0) is 12.1. The Balaban J connectivity index is 2.31. The SMILES string of the molecule is NC(=S)COc1ccccc1-c1ccccc1. The first kappa shape index (κ1) is 11.6. The molecule has 0 aliphatic carbocycles. The van der Waals surface area contributed by atoms with E-state index < -0.39 is 0 Å². The molecule has 2 aromatic rings. The summed E-state index contributed by atoms with van der Waals surface area (Å²) in [4.78, 5) is 0.355. The van der Waals surface area contributed by atoms with Crippen LogP contribution in [0.2, 0.25) is 0 Å². The number of ether oxygens (including phenoxy) is 1. The van der Waals surface area contributed by atoms with Gasteiger partial charge >= 0.3 is 0 Å². The summed E-state index contributed by atoms with van der Waals surface area (Å²) in [7, 11) is 0. The maximum absolute atomic E-state index is 5.59. The summed E-state index contributed by atoms with van der Waals surface area (Å²) in [6.45, 7) is 0.263. The maximum atomic E-state index is 5.59. The van der Waals surface area contributed by atoms with Gasteiger partial charge in [-0.2, -0.15) is 0 Å². The summed E-state index contributed by atoms with van der Waals surface area (Å²) < 4.78 is 5.59. The first-order valence-electron chi connectivity index (χ1n) is 5.33. The molecule has 2 N–H and O–H groups in total. The van der Waals surface area contributed by atoms with Crippen LogP contribution in [0.5, 0.6) is 5.75 Å². The average molecular weight is 243 g/mol. The molecule has 0 amide bonds. The van der Waals surface area contributed by atoms with Crippen molar-refractivity contribution in [1.29, 1.82) is 0 Å². The Morgan fingerprint density at radius 2 is 1.65 bits per heavy atom. The predicted molar refractivity (Wildman–Crippen MR) is 74.2 cm³/mol. The van der Waals surface area contributed by atoms with Crippen LogP contribution in [0.25, 0.3) is 11.1 Å². The molecule has 0 atom stereocenters. The second kappa shape index (κ2) is 5.46. The molecule has 0 aliphatic heterocycles. The van der Waals surface area contributed by atoms with Crippen LogP contribution in [-0.2, 0) is 0 Å².